The molecule has 0 saturated heterocycles. The molecule has 6 aromatic carbocycles. The van der Waals surface area contributed by atoms with E-state index in [0.717, 1.165) is 73.3 Å². The van der Waals surface area contributed by atoms with Crippen LogP contribution in [-0.2, 0) is 0 Å². The Morgan fingerprint density at radius 1 is 0.460 bits per heavy atom. The molecule has 0 amide bonds. The van der Waals surface area contributed by atoms with Crippen molar-refractivity contribution < 1.29 is 0 Å². The van der Waals surface area contributed by atoms with Gasteiger partial charge in [-0.3, -0.25) is 9.98 Å². The molecule has 0 N–H and O–H groups in total. The van der Waals surface area contributed by atoms with Crippen LogP contribution in [-0.4, -0.2) is 15.7 Å². The fourth-order valence-corrected chi connectivity index (χ4v) is 7.41. The highest BCUT2D eigenvalue weighted by molar-refractivity contribution is 6.07. The minimum atomic E-state index is 0.0968. The molecule has 0 spiro atoms. The maximum absolute atomic E-state index is 5.36. The van der Waals surface area contributed by atoms with Gasteiger partial charge < -0.3 is 0 Å². The molecule has 2 aromatic heterocycles. The zero-order valence-corrected chi connectivity index (χ0v) is 27.9. The maximum atomic E-state index is 5.36. The predicted molar refractivity (Wildman–Crippen MR) is 209 cm³/mol. The highest BCUT2D eigenvalue weighted by atomic mass is 14.8. The second-order valence-corrected chi connectivity index (χ2v) is 13.1. The Hall–Kier alpha value is -6.19. The van der Waals surface area contributed by atoms with Crippen LogP contribution in [0.25, 0.3) is 60.7 Å². The number of pyridine rings is 2. The summed E-state index contributed by atoms with van der Waals surface area (Å²) in [6, 6.07) is 58.0. The molecule has 1 aliphatic heterocycles. The number of rotatable bonds is 6. The summed E-state index contributed by atoms with van der Waals surface area (Å²) >= 11 is 0. The van der Waals surface area contributed by atoms with Crippen LogP contribution in [0.2, 0.25) is 0 Å². The first-order chi connectivity index (χ1) is 24.7. The summed E-state index contributed by atoms with van der Waals surface area (Å²) in [6.07, 6.45) is 3.29. The second-order valence-electron chi connectivity index (χ2n) is 13.1. The molecule has 8 aromatic rings. The Bertz CT molecular complexity index is 2580. The molecule has 0 bridgehead atoms. The van der Waals surface area contributed by atoms with Crippen molar-refractivity contribution >= 4 is 44.0 Å². The SMILES string of the molecule is CCC1C(c2ccccc2)=NC(c2ccccc2)=CC1c1ccc2ccc(-c3ccc4nc(-c5ccc6ccccc6c5)ccc4c3)cc2n1. The van der Waals surface area contributed by atoms with Crippen LogP contribution in [0.3, 0.4) is 0 Å². The molecule has 0 fully saturated rings. The van der Waals surface area contributed by atoms with Crippen molar-refractivity contribution in [1.82, 2.24) is 9.97 Å². The first-order valence-corrected chi connectivity index (χ1v) is 17.4. The maximum Gasteiger partial charge on any atom is 0.0711 e. The Labute approximate surface area is 292 Å². The van der Waals surface area contributed by atoms with Crippen molar-refractivity contribution in [2.24, 2.45) is 10.9 Å². The van der Waals surface area contributed by atoms with Gasteiger partial charge in [0.2, 0.25) is 0 Å². The minimum Gasteiger partial charge on any atom is -0.252 e. The van der Waals surface area contributed by atoms with E-state index in [9.17, 15) is 0 Å². The van der Waals surface area contributed by atoms with Crippen LogP contribution in [0, 0.1) is 5.92 Å². The molecule has 238 valence electrons. The van der Waals surface area contributed by atoms with Crippen LogP contribution < -0.4 is 0 Å². The zero-order valence-electron chi connectivity index (χ0n) is 27.9. The Kier molecular flexibility index (Phi) is 7.59. The monoisotopic (exact) mass is 641 g/mol. The van der Waals surface area contributed by atoms with Gasteiger partial charge in [0.1, 0.15) is 0 Å². The Morgan fingerprint density at radius 3 is 1.92 bits per heavy atom. The first kappa shape index (κ1) is 29.9. The third-order valence-electron chi connectivity index (χ3n) is 10.1. The summed E-state index contributed by atoms with van der Waals surface area (Å²) in [7, 11) is 0. The van der Waals surface area contributed by atoms with Crippen LogP contribution in [0.5, 0.6) is 0 Å². The van der Waals surface area contributed by atoms with E-state index < -0.39 is 0 Å². The Morgan fingerprint density at radius 2 is 1.10 bits per heavy atom. The van der Waals surface area contributed by atoms with Crippen LogP contribution >= 0.6 is 0 Å². The topological polar surface area (TPSA) is 38.1 Å². The summed E-state index contributed by atoms with van der Waals surface area (Å²) in [6.45, 7) is 2.26. The van der Waals surface area contributed by atoms with E-state index in [2.05, 4.69) is 177 Å². The van der Waals surface area contributed by atoms with Crippen LogP contribution in [0.1, 0.15) is 36.1 Å². The van der Waals surface area contributed by atoms with Gasteiger partial charge in [0.25, 0.3) is 0 Å². The van der Waals surface area contributed by atoms with Gasteiger partial charge in [0.15, 0.2) is 0 Å². The number of aliphatic imine (C=N–C) groups is 1. The van der Waals surface area contributed by atoms with Gasteiger partial charge in [-0.25, -0.2) is 4.98 Å². The van der Waals surface area contributed by atoms with E-state index in [1.165, 1.54) is 16.3 Å². The van der Waals surface area contributed by atoms with E-state index in [1.807, 2.05) is 0 Å². The molecule has 9 rings (SSSR count). The van der Waals surface area contributed by atoms with Gasteiger partial charge in [-0.2, -0.15) is 0 Å². The summed E-state index contributed by atoms with van der Waals surface area (Å²) in [5.74, 6) is 0.310. The number of fused-ring (bicyclic) bond motifs is 3. The van der Waals surface area contributed by atoms with Crippen molar-refractivity contribution in [3.8, 4) is 22.4 Å². The van der Waals surface area contributed by atoms with Gasteiger partial charge in [-0.1, -0.05) is 134 Å². The van der Waals surface area contributed by atoms with Gasteiger partial charge in [0.05, 0.1) is 28.1 Å². The number of hydrogen-bond acceptors (Lipinski definition) is 3. The van der Waals surface area contributed by atoms with Gasteiger partial charge in [0, 0.05) is 33.9 Å². The van der Waals surface area contributed by atoms with Crippen molar-refractivity contribution in [2.45, 2.75) is 19.3 Å². The number of benzene rings is 6. The summed E-state index contributed by atoms with van der Waals surface area (Å²) < 4.78 is 0. The molecule has 0 saturated carbocycles. The van der Waals surface area contributed by atoms with E-state index in [0.29, 0.717) is 0 Å². The fourth-order valence-electron chi connectivity index (χ4n) is 7.41. The lowest BCUT2D eigenvalue weighted by atomic mass is 9.78. The van der Waals surface area contributed by atoms with E-state index >= 15 is 0 Å². The number of allylic oxidation sites excluding steroid dienone is 1. The first-order valence-electron chi connectivity index (χ1n) is 17.4. The van der Waals surface area contributed by atoms with Crippen molar-refractivity contribution in [2.75, 3.05) is 0 Å². The molecule has 2 atom stereocenters. The van der Waals surface area contributed by atoms with E-state index in [4.69, 9.17) is 15.0 Å². The van der Waals surface area contributed by atoms with Crippen molar-refractivity contribution in [3.63, 3.8) is 0 Å². The van der Waals surface area contributed by atoms with Gasteiger partial charge in [-0.05, 0) is 81.9 Å². The molecular weight excluding hydrogens is 607 g/mol. The lowest BCUT2D eigenvalue weighted by Gasteiger charge is -2.30. The average molecular weight is 642 g/mol. The summed E-state index contributed by atoms with van der Waals surface area (Å²) in [4.78, 5) is 15.7. The largest absolute Gasteiger partial charge is 0.252 e. The quantitative estimate of drug-likeness (QED) is 0.181. The fraction of sp³-hybridized carbons (Fsp3) is 0.0851. The summed E-state index contributed by atoms with van der Waals surface area (Å²) in [5.41, 5.74) is 11.9. The van der Waals surface area contributed by atoms with Gasteiger partial charge in [-0.15, -0.1) is 0 Å². The third kappa shape index (κ3) is 5.57. The normalized spacial score (nSPS) is 16.0. The minimum absolute atomic E-state index is 0.0968. The highest BCUT2D eigenvalue weighted by Crippen LogP contribution is 2.39. The van der Waals surface area contributed by atoms with Crippen LogP contribution in [0.4, 0.5) is 0 Å². The molecule has 3 nitrogen and oxygen atoms in total. The molecule has 2 unspecified atom stereocenters. The number of hydrogen-bond donors (Lipinski definition) is 0. The lowest BCUT2D eigenvalue weighted by molar-refractivity contribution is 0.583. The highest BCUT2D eigenvalue weighted by Gasteiger charge is 2.31. The zero-order chi connectivity index (χ0) is 33.4. The second kappa shape index (κ2) is 12.7. The summed E-state index contributed by atoms with van der Waals surface area (Å²) in [5, 5.41) is 4.71. The molecule has 0 aliphatic carbocycles. The molecule has 3 heteroatoms. The van der Waals surface area contributed by atoms with E-state index in [1.54, 1.807) is 0 Å². The van der Waals surface area contributed by atoms with E-state index in [-0.39, 0.29) is 11.8 Å². The Balaban J connectivity index is 1.07. The third-order valence-corrected chi connectivity index (χ3v) is 10.1. The smallest absolute Gasteiger partial charge is 0.0711 e. The van der Waals surface area contributed by atoms with Crippen molar-refractivity contribution in [3.05, 3.63) is 187 Å². The molecule has 50 heavy (non-hydrogen) atoms. The number of nitrogens with zero attached hydrogens (tertiary/aromatic N) is 3. The number of aromatic nitrogens is 2. The average Bonchev–Trinajstić information content (AvgIpc) is 3.20. The van der Waals surface area contributed by atoms with Crippen molar-refractivity contribution in [1.29, 1.82) is 0 Å². The molecule has 0 radical (unpaired) electrons. The molecule has 1 aliphatic rings. The lowest BCUT2D eigenvalue weighted by Crippen LogP contribution is -2.25. The predicted octanol–water partition coefficient (Wildman–Crippen LogP) is 11.9. The molecular formula is C47H35N3. The van der Waals surface area contributed by atoms with Gasteiger partial charge >= 0.3 is 0 Å². The standard InChI is InChI=1S/C47H35N3/c1-2-40-41(30-46(32-12-5-3-6-13-32)50-47(40)34-14-7-4-8-15-34)44-26-21-33-18-19-37(29-45(33)49-44)36-22-24-42-39(28-36)23-25-43(48-42)38-20-17-31-11-9-10-16-35(31)27-38/h3-30,40-41H,2H2,1H3. The molecule has 3 heterocycles. The van der Waals surface area contributed by atoms with Crippen LogP contribution in [0.15, 0.2) is 175 Å².